The van der Waals surface area contributed by atoms with Crippen molar-refractivity contribution < 1.29 is 18.0 Å². The highest BCUT2D eigenvalue weighted by atomic mass is 32.2. The summed E-state index contributed by atoms with van der Waals surface area (Å²) in [7, 11) is 3.18. The van der Waals surface area contributed by atoms with E-state index >= 15 is 0 Å². The molecule has 0 radical (unpaired) electrons. The van der Waals surface area contributed by atoms with Crippen LogP contribution in [0, 0.1) is 0 Å². The Morgan fingerprint density at radius 3 is 2.78 bits per heavy atom. The van der Waals surface area contributed by atoms with Crippen molar-refractivity contribution in [2.24, 2.45) is 7.05 Å². The first-order chi connectivity index (χ1) is 10.9. The average Bonchev–Trinajstić information content (AvgIpc) is 3.04. The molecule has 3 aromatic rings. The van der Waals surface area contributed by atoms with Gasteiger partial charge in [-0.25, -0.2) is 15.0 Å². The lowest BCUT2D eigenvalue weighted by Crippen LogP contribution is -2.05. The minimum Gasteiger partial charge on any atom is -0.306 e. The van der Waals surface area contributed by atoms with Crippen molar-refractivity contribution in [2.75, 3.05) is 12.6 Å². The van der Waals surface area contributed by atoms with E-state index in [0.717, 1.165) is 12.3 Å². The SMILES string of the molecule is CONc1cnc(Sc2nc3cc(C(F)(F)F)cnc3n2C)s1. The molecule has 11 heteroatoms. The summed E-state index contributed by atoms with van der Waals surface area (Å²) in [6.45, 7) is 0. The minimum atomic E-state index is -4.44. The molecule has 1 N–H and O–H groups in total. The van der Waals surface area contributed by atoms with E-state index in [1.807, 2.05) is 0 Å². The smallest absolute Gasteiger partial charge is 0.306 e. The number of anilines is 1. The number of thiazole rings is 1. The Morgan fingerprint density at radius 2 is 2.09 bits per heavy atom. The van der Waals surface area contributed by atoms with Crippen molar-refractivity contribution in [3.05, 3.63) is 24.0 Å². The van der Waals surface area contributed by atoms with E-state index in [9.17, 15) is 13.2 Å². The summed E-state index contributed by atoms with van der Waals surface area (Å²) in [4.78, 5) is 17.0. The van der Waals surface area contributed by atoms with Gasteiger partial charge in [0.1, 0.15) is 10.5 Å². The first kappa shape index (κ1) is 16.0. The number of fused-ring (bicyclic) bond motifs is 1. The highest BCUT2D eigenvalue weighted by Gasteiger charge is 2.31. The molecule has 0 aromatic carbocycles. The maximum absolute atomic E-state index is 12.7. The fraction of sp³-hybridized carbons (Fsp3) is 0.250. The van der Waals surface area contributed by atoms with Crippen LogP contribution in [0.4, 0.5) is 18.2 Å². The molecule has 0 unspecified atom stereocenters. The summed E-state index contributed by atoms with van der Waals surface area (Å²) in [5.41, 5.74) is 2.41. The first-order valence-corrected chi connectivity index (χ1v) is 7.84. The lowest BCUT2D eigenvalue weighted by Gasteiger charge is -2.05. The molecule has 0 spiro atoms. The van der Waals surface area contributed by atoms with Crippen LogP contribution < -0.4 is 5.48 Å². The lowest BCUT2D eigenvalue weighted by atomic mass is 10.2. The predicted octanol–water partition coefficient (Wildman–Crippen LogP) is 3.57. The number of rotatable bonds is 4. The third kappa shape index (κ3) is 3.26. The minimum absolute atomic E-state index is 0.191. The van der Waals surface area contributed by atoms with Crippen LogP contribution in [0.25, 0.3) is 11.2 Å². The number of halogens is 3. The van der Waals surface area contributed by atoms with Crippen LogP contribution in [0.15, 0.2) is 28.0 Å². The van der Waals surface area contributed by atoms with Crippen LogP contribution in [-0.2, 0) is 18.1 Å². The molecule has 6 nitrogen and oxygen atoms in total. The molecular formula is C12H10F3N5OS2. The topological polar surface area (TPSA) is 64.9 Å². The van der Waals surface area contributed by atoms with Crippen molar-refractivity contribution in [3.63, 3.8) is 0 Å². The fourth-order valence-corrected chi connectivity index (χ4v) is 3.65. The van der Waals surface area contributed by atoms with E-state index in [1.54, 1.807) is 17.8 Å². The number of imidazole rings is 1. The summed E-state index contributed by atoms with van der Waals surface area (Å²) < 4.78 is 40.5. The van der Waals surface area contributed by atoms with Crippen molar-refractivity contribution in [2.45, 2.75) is 15.7 Å². The number of hydrogen-bond donors (Lipinski definition) is 1. The van der Waals surface area contributed by atoms with E-state index in [4.69, 9.17) is 4.84 Å². The summed E-state index contributed by atoms with van der Waals surface area (Å²) in [6, 6.07) is 0.992. The van der Waals surface area contributed by atoms with Gasteiger partial charge in [0.15, 0.2) is 15.1 Å². The van der Waals surface area contributed by atoms with Crippen LogP contribution in [0.2, 0.25) is 0 Å². The zero-order valence-corrected chi connectivity index (χ0v) is 13.5. The van der Waals surface area contributed by atoms with Gasteiger partial charge in [-0.1, -0.05) is 11.3 Å². The molecule has 0 aliphatic carbocycles. The molecule has 0 atom stereocenters. The van der Waals surface area contributed by atoms with Crippen molar-refractivity contribution >= 4 is 39.3 Å². The molecule has 0 saturated carbocycles. The van der Waals surface area contributed by atoms with Gasteiger partial charge in [-0.05, 0) is 17.8 Å². The molecule has 0 fully saturated rings. The second-order valence-corrected chi connectivity index (χ2v) is 6.66. The number of pyridine rings is 1. The number of aryl methyl sites for hydroxylation is 1. The van der Waals surface area contributed by atoms with Gasteiger partial charge in [0, 0.05) is 13.2 Å². The first-order valence-electron chi connectivity index (χ1n) is 6.21. The zero-order valence-electron chi connectivity index (χ0n) is 11.9. The molecular weight excluding hydrogens is 351 g/mol. The molecule has 3 aromatic heterocycles. The number of aromatic nitrogens is 4. The Morgan fingerprint density at radius 1 is 1.30 bits per heavy atom. The predicted molar refractivity (Wildman–Crippen MR) is 80.4 cm³/mol. The summed E-state index contributed by atoms with van der Waals surface area (Å²) in [5.74, 6) is 0. The van der Waals surface area contributed by atoms with Gasteiger partial charge in [-0.15, -0.1) is 0 Å². The van der Waals surface area contributed by atoms with Gasteiger partial charge in [0.2, 0.25) is 0 Å². The molecule has 3 rings (SSSR count). The van der Waals surface area contributed by atoms with Crippen LogP contribution >= 0.6 is 23.1 Å². The van der Waals surface area contributed by atoms with Crippen LogP contribution in [-0.4, -0.2) is 26.6 Å². The molecule has 0 aliphatic rings. The molecule has 0 bridgehead atoms. The normalized spacial score (nSPS) is 12.0. The Hall–Kier alpha value is -1.85. The molecule has 0 aliphatic heterocycles. The summed E-state index contributed by atoms with van der Waals surface area (Å²) >= 11 is 2.58. The van der Waals surface area contributed by atoms with Crippen molar-refractivity contribution in [3.8, 4) is 0 Å². The zero-order chi connectivity index (χ0) is 16.6. The van der Waals surface area contributed by atoms with Gasteiger partial charge in [-0.3, -0.25) is 10.3 Å². The Bertz CT molecular complexity index is 845. The Kier molecular flexibility index (Phi) is 4.17. The Balaban J connectivity index is 1.93. The number of alkyl halides is 3. The largest absolute Gasteiger partial charge is 0.417 e. The summed E-state index contributed by atoms with van der Waals surface area (Å²) in [5, 5.41) is 1.22. The van der Waals surface area contributed by atoms with Crippen LogP contribution in [0.3, 0.4) is 0 Å². The monoisotopic (exact) mass is 361 g/mol. The quantitative estimate of drug-likeness (QED) is 0.717. The van der Waals surface area contributed by atoms with E-state index in [1.165, 1.54) is 30.2 Å². The highest BCUT2D eigenvalue weighted by molar-refractivity contribution is 8.01. The molecule has 23 heavy (non-hydrogen) atoms. The van der Waals surface area contributed by atoms with Gasteiger partial charge < -0.3 is 4.57 Å². The van der Waals surface area contributed by atoms with Crippen molar-refractivity contribution in [1.29, 1.82) is 0 Å². The van der Waals surface area contributed by atoms with E-state index in [2.05, 4.69) is 20.4 Å². The van der Waals surface area contributed by atoms with Crippen LogP contribution in [0.5, 0.6) is 0 Å². The lowest BCUT2D eigenvalue weighted by molar-refractivity contribution is -0.137. The number of nitrogens with one attached hydrogen (secondary N) is 1. The fourth-order valence-electron chi connectivity index (χ4n) is 1.83. The van der Waals surface area contributed by atoms with E-state index in [-0.39, 0.29) is 5.52 Å². The van der Waals surface area contributed by atoms with E-state index < -0.39 is 11.7 Å². The third-order valence-corrected chi connectivity index (χ3v) is 4.88. The Labute approximate surface area is 136 Å². The summed E-state index contributed by atoms with van der Waals surface area (Å²) in [6.07, 6.45) is -2.04. The third-order valence-electron chi connectivity index (χ3n) is 2.86. The van der Waals surface area contributed by atoms with Gasteiger partial charge in [-0.2, -0.15) is 13.2 Å². The van der Waals surface area contributed by atoms with Gasteiger partial charge in [0.05, 0.1) is 18.9 Å². The van der Waals surface area contributed by atoms with Crippen molar-refractivity contribution in [1.82, 2.24) is 19.5 Å². The molecule has 3 heterocycles. The number of hydrogen-bond acceptors (Lipinski definition) is 7. The maximum Gasteiger partial charge on any atom is 0.417 e. The highest BCUT2D eigenvalue weighted by Crippen LogP contribution is 2.35. The molecule has 0 amide bonds. The van der Waals surface area contributed by atoms with E-state index in [0.29, 0.717) is 20.1 Å². The molecule has 122 valence electrons. The molecule has 0 saturated heterocycles. The average molecular weight is 361 g/mol. The second-order valence-electron chi connectivity index (χ2n) is 4.42. The van der Waals surface area contributed by atoms with Crippen LogP contribution in [0.1, 0.15) is 5.56 Å². The maximum atomic E-state index is 12.7. The standard InChI is InChI=1S/C12H10F3N5OS2/c1-20-9-7(3-6(4-16-9)12(13,14)15)18-10(20)23-11-17-5-8(22-11)19-21-2/h3-5,19H,1-2H3. The van der Waals surface area contributed by atoms with Gasteiger partial charge >= 0.3 is 6.18 Å². The number of nitrogens with zero attached hydrogens (tertiary/aromatic N) is 4. The van der Waals surface area contributed by atoms with Gasteiger partial charge in [0.25, 0.3) is 0 Å². The second kappa shape index (κ2) is 5.98.